The number of carboxylic acid groups (broad SMARTS) is 1. The second-order valence-electron chi connectivity index (χ2n) is 11.0. The third kappa shape index (κ3) is 7.48. The van der Waals surface area contributed by atoms with Gasteiger partial charge in [-0.25, -0.2) is 0 Å². The first kappa shape index (κ1) is 29.0. The van der Waals surface area contributed by atoms with Crippen LogP contribution in [0, 0.1) is 11.3 Å². The van der Waals surface area contributed by atoms with Gasteiger partial charge in [-0.05, 0) is 62.3 Å². The third-order valence-electron chi connectivity index (χ3n) is 7.57. The fourth-order valence-electron chi connectivity index (χ4n) is 5.72. The van der Waals surface area contributed by atoms with E-state index in [0.29, 0.717) is 37.6 Å². The van der Waals surface area contributed by atoms with Gasteiger partial charge in [-0.15, -0.1) is 0 Å². The molecule has 2 aliphatic heterocycles. The number of carboxylic acids is 1. The summed E-state index contributed by atoms with van der Waals surface area (Å²) in [4.78, 5) is 30.4. The molecule has 0 radical (unpaired) electrons. The number of carbonyl (C=O) groups excluding carboxylic acids is 1. The molecule has 1 saturated heterocycles. The highest BCUT2D eigenvalue weighted by atomic mass is 16.7. The van der Waals surface area contributed by atoms with Crippen LogP contribution in [-0.2, 0) is 9.59 Å². The number of hydrogen-bond acceptors (Lipinski definition) is 6. The van der Waals surface area contributed by atoms with Crippen molar-refractivity contribution >= 4 is 11.9 Å². The van der Waals surface area contributed by atoms with E-state index >= 15 is 0 Å². The van der Waals surface area contributed by atoms with Crippen molar-refractivity contribution in [3.05, 3.63) is 35.9 Å². The Bertz CT molecular complexity index is 947. The van der Waals surface area contributed by atoms with Gasteiger partial charge in [0.25, 0.3) is 0 Å². The number of rotatable bonds is 14. The van der Waals surface area contributed by atoms with Crippen LogP contribution in [0.5, 0.6) is 11.5 Å². The molecule has 2 aliphatic rings. The molecule has 1 fully saturated rings. The zero-order valence-corrected chi connectivity index (χ0v) is 22.9. The molecule has 8 heteroatoms. The average Bonchev–Trinajstić information content (AvgIpc) is 3.45. The fourth-order valence-corrected chi connectivity index (χ4v) is 5.72. The topological polar surface area (TPSA) is 105 Å². The molecule has 0 spiro atoms. The summed E-state index contributed by atoms with van der Waals surface area (Å²) in [5.41, 5.74) is 6.38. The van der Waals surface area contributed by atoms with Crippen LogP contribution >= 0.6 is 0 Å². The highest BCUT2D eigenvalue weighted by Gasteiger charge is 2.48. The highest BCUT2D eigenvalue weighted by molar-refractivity contribution is 5.79. The van der Waals surface area contributed by atoms with Gasteiger partial charge in [0.15, 0.2) is 11.5 Å². The SMILES string of the molecule is C/C=C/C(C)(C)C[C@H]1[C@H](C(=O)O)[C@@H](c2ccc3c(c2)OCO3)CN1CC(=O)N(CCCC)CCCCN. The summed E-state index contributed by atoms with van der Waals surface area (Å²) >= 11 is 0. The summed E-state index contributed by atoms with van der Waals surface area (Å²) in [7, 11) is 0. The van der Waals surface area contributed by atoms with E-state index in [1.807, 2.05) is 36.1 Å². The Kier molecular flexibility index (Phi) is 10.4. The predicted octanol–water partition coefficient (Wildman–Crippen LogP) is 4.24. The number of hydrogen-bond donors (Lipinski definition) is 2. The zero-order valence-electron chi connectivity index (χ0n) is 22.9. The second kappa shape index (κ2) is 13.3. The van der Waals surface area contributed by atoms with Crippen molar-refractivity contribution in [2.75, 3.05) is 39.5 Å². The van der Waals surface area contributed by atoms with Crippen LogP contribution < -0.4 is 15.2 Å². The Morgan fingerprint density at radius 2 is 1.92 bits per heavy atom. The van der Waals surface area contributed by atoms with Crippen molar-refractivity contribution in [1.82, 2.24) is 9.80 Å². The first-order valence-electron chi connectivity index (χ1n) is 13.7. The molecule has 1 aromatic carbocycles. The molecule has 0 aromatic heterocycles. The first-order valence-corrected chi connectivity index (χ1v) is 13.7. The van der Waals surface area contributed by atoms with Crippen LogP contribution in [0.2, 0.25) is 0 Å². The Morgan fingerprint density at radius 1 is 1.19 bits per heavy atom. The van der Waals surface area contributed by atoms with Gasteiger partial charge in [-0.1, -0.05) is 45.4 Å². The van der Waals surface area contributed by atoms with Crippen LogP contribution in [0.1, 0.15) is 71.3 Å². The minimum atomic E-state index is -0.829. The van der Waals surface area contributed by atoms with E-state index < -0.39 is 11.9 Å². The number of likely N-dealkylation sites (tertiary alicyclic amines) is 1. The molecule has 0 unspecified atom stereocenters. The molecule has 1 amide bonds. The van der Waals surface area contributed by atoms with Crippen molar-refractivity contribution in [1.29, 1.82) is 0 Å². The largest absolute Gasteiger partial charge is 0.481 e. The average molecular weight is 516 g/mol. The second-order valence-corrected chi connectivity index (χ2v) is 11.0. The van der Waals surface area contributed by atoms with Crippen LogP contribution in [0.4, 0.5) is 0 Å². The monoisotopic (exact) mass is 515 g/mol. The van der Waals surface area contributed by atoms with Gasteiger partial charge >= 0.3 is 5.97 Å². The maximum atomic E-state index is 13.6. The van der Waals surface area contributed by atoms with E-state index in [1.165, 1.54) is 0 Å². The summed E-state index contributed by atoms with van der Waals surface area (Å²) in [6.45, 7) is 11.3. The van der Waals surface area contributed by atoms with E-state index in [1.54, 1.807) is 0 Å². The maximum absolute atomic E-state index is 13.6. The van der Waals surface area contributed by atoms with E-state index in [9.17, 15) is 14.7 Å². The van der Waals surface area contributed by atoms with E-state index in [0.717, 1.165) is 37.8 Å². The summed E-state index contributed by atoms with van der Waals surface area (Å²) in [6, 6.07) is 5.42. The molecule has 0 bridgehead atoms. The number of nitrogens with two attached hydrogens (primary N) is 1. The van der Waals surface area contributed by atoms with Crippen molar-refractivity contribution < 1.29 is 24.2 Å². The van der Waals surface area contributed by atoms with E-state index in [-0.39, 0.29) is 36.6 Å². The van der Waals surface area contributed by atoms with E-state index in [4.69, 9.17) is 15.2 Å². The molecule has 0 aliphatic carbocycles. The molecule has 2 heterocycles. The summed E-state index contributed by atoms with van der Waals surface area (Å²) in [6.07, 6.45) is 8.50. The summed E-state index contributed by atoms with van der Waals surface area (Å²) in [5, 5.41) is 10.4. The van der Waals surface area contributed by atoms with Crippen LogP contribution in [0.3, 0.4) is 0 Å². The van der Waals surface area contributed by atoms with Crippen LogP contribution in [0.15, 0.2) is 30.4 Å². The van der Waals surface area contributed by atoms with Gasteiger partial charge in [0, 0.05) is 31.6 Å². The number of nitrogens with zero attached hydrogens (tertiary/aromatic N) is 2. The number of ether oxygens (including phenoxy) is 2. The minimum absolute atomic E-state index is 0.0646. The van der Waals surface area contributed by atoms with Gasteiger partial charge in [-0.3, -0.25) is 14.5 Å². The first-order chi connectivity index (χ1) is 17.7. The lowest BCUT2D eigenvalue weighted by Gasteiger charge is -2.34. The third-order valence-corrected chi connectivity index (χ3v) is 7.57. The van der Waals surface area contributed by atoms with Gasteiger partial charge in [-0.2, -0.15) is 0 Å². The molecule has 206 valence electrons. The molecule has 0 saturated carbocycles. The lowest BCUT2D eigenvalue weighted by atomic mass is 9.77. The molecule has 37 heavy (non-hydrogen) atoms. The van der Waals surface area contributed by atoms with Gasteiger partial charge in [0.2, 0.25) is 12.7 Å². The number of amides is 1. The number of benzene rings is 1. The smallest absolute Gasteiger partial charge is 0.308 e. The number of allylic oxidation sites excluding steroid dienone is 2. The predicted molar refractivity (Wildman–Crippen MR) is 145 cm³/mol. The normalized spacial score (nSPS) is 21.6. The van der Waals surface area contributed by atoms with Crippen molar-refractivity contribution in [2.24, 2.45) is 17.1 Å². The standard InChI is InChI=1S/C29H45N3O5/c1-5-7-14-31(15-9-8-13-30)26(33)19-32-18-22(21-10-11-24-25(16-21)37-20-36-24)27(28(34)35)23(32)17-29(3,4)12-6-2/h6,10-12,16,22-23,27H,5,7-9,13-15,17-20,30H2,1-4H3,(H,34,35)/b12-6+/t22-,23+,27-/m1/s1. The summed E-state index contributed by atoms with van der Waals surface area (Å²) < 4.78 is 11.0. The van der Waals surface area contributed by atoms with Crippen molar-refractivity contribution in [3.63, 3.8) is 0 Å². The number of aliphatic carboxylic acids is 1. The van der Waals surface area contributed by atoms with Gasteiger partial charge in [0.1, 0.15) is 0 Å². The fraction of sp³-hybridized carbons (Fsp3) is 0.655. The lowest BCUT2D eigenvalue weighted by Crippen LogP contribution is -2.46. The number of fused-ring (bicyclic) bond motifs is 1. The lowest BCUT2D eigenvalue weighted by molar-refractivity contribution is -0.144. The molecule has 1 aromatic rings. The van der Waals surface area contributed by atoms with Crippen molar-refractivity contribution in [3.8, 4) is 11.5 Å². The quantitative estimate of drug-likeness (QED) is 0.282. The summed E-state index contributed by atoms with van der Waals surface area (Å²) in [5.74, 6) is -0.339. The Balaban J connectivity index is 1.90. The minimum Gasteiger partial charge on any atom is -0.481 e. The van der Waals surface area contributed by atoms with Crippen LogP contribution in [-0.4, -0.2) is 72.3 Å². The molecule has 3 N–H and O–H groups in total. The molecule has 3 atom stereocenters. The number of carbonyl (C=O) groups is 2. The molecule has 8 nitrogen and oxygen atoms in total. The highest BCUT2D eigenvalue weighted by Crippen LogP contribution is 2.45. The molecule has 3 rings (SSSR count). The Labute approximate surface area is 221 Å². The Hall–Kier alpha value is -2.58. The van der Waals surface area contributed by atoms with E-state index in [2.05, 4.69) is 31.7 Å². The number of unbranched alkanes of at least 4 members (excludes halogenated alkanes) is 2. The van der Waals surface area contributed by atoms with Crippen molar-refractivity contribution in [2.45, 2.75) is 71.8 Å². The maximum Gasteiger partial charge on any atom is 0.308 e. The van der Waals surface area contributed by atoms with Gasteiger partial charge < -0.3 is 25.2 Å². The van der Waals surface area contributed by atoms with Crippen LogP contribution in [0.25, 0.3) is 0 Å². The van der Waals surface area contributed by atoms with Gasteiger partial charge in [0.05, 0.1) is 12.5 Å². The molecular weight excluding hydrogens is 470 g/mol. The zero-order chi connectivity index (χ0) is 27.0. The molecular formula is C29H45N3O5. The Morgan fingerprint density at radius 3 is 2.59 bits per heavy atom.